The van der Waals surface area contributed by atoms with E-state index in [-0.39, 0.29) is 0 Å². The van der Waals surface area contributed by atoms with Crippen molar-refractivity contribution in [2.75, 3.05) is 6.26 Å². The number of rotatable bonds is 4. The van der Waals surface area contributed by atoms with Crippen LogP contribution in [0, 0.1) is 0 Å². The van der Waals surface area contributed by atoms with E-state index in [1.807, 2.05) is 0 Å². The molecule has 0 saturated heterocycles. The number of aromatic nitrogens is 2. The molecule has 0 N–H and O–H groups in total. The van der Waals surface area contributed by atoms with Crippen molar-refractivity contribution in [3.63, 3.8) is 0 Å². The van der Waals surface area contributed by atoms with Gasteiger partial charge in [-0.15, -0.1) is 0 Å². The van der Waals surface area contributed by atoms with E-state index in [0.29, 0.717) is 23.0 Å². The fourth-order valence-corrected chi connectivity index (χ4v) is 5.29. The zero-order chi connectivity index (χ0) is 20.9. The zero-order valence-electron chi connectivity index (χ0n) is 12.7. The van der Waals surface area contributed by atoms with Gasteiger partial charge in [0.05, 0.1) is 32.5 Å². The highest BCUT2D eigenvalue weighted by molar-refractivity contribution is 7.96. The van der Waals surface area contributed by atoms with Gasteiger partial charge in [-0.3, -0.25) is 4.57 Å². The Labute approximate surface area is 173 Å². The molecule has 0 aliphatic heterocycles. The molecule has 0 spiro atoms. The zero-order valence-corrected chi connectivity index (χ0v) is 17.3. The summed E-state index contributed by atoms with van der Waals surface area (Å²) >= 11 is 18.9. The van der Waals surface area contributed by atoms with Crippen LogP contribution in [0.3, 0.4) is 0 Å². The Hall–Kier alpha value is -0.430. The van der Waals surface area contributed by atoms with Gasteiger partial charge in [-0.2, -0.15) is 22.5 Å². The van der Waals surface area contributed by atoms with Crippen molar-refractivity contribution < 1.29 is 30.5 Å². The third kappa shape index (κ3) is 4.77. The third-order valence-electron chi connectivity index (χ3n) is 3.01. The molecular weight excluding hydrogens is 502 g/mol. The van der Waals surface area contributed by atoms with Gasteiger partial charge in [0.15, 0.2) is 9.84 Å². The molecule has 1 heterocycles. The summed E-state index contributed by atoms with van der Waals surface area (Å²) in [6, 6.07) is 1.02. The number of imidazole rings is 1. The van der Waals surface area contributed by atoms with E-state index >= 15 is 0 Å². The summed E-state index contributed by atoms with van der Waals surface area (Å²) in [5.74, 6) is 0. The highest BCUT2D eigenvalue weighted by atomic mass is 35.5. The van der Waals surface area contributed by atoms with Gasteiger partial charge in [0, 0.05) is 6.26 Å². The fraction of sp³-hybridized carbons (Fsp3) is 0.250. The predicted octanol–water partition coefficient (Wildman–Crippen LogP) is 4.77. The van der Waals surface area contributed by atoms with Crippen LogP contribution in [0.4, 0.5) is 17.6 Å². The number of benzene rings is 1. The number of hydrogen-bond acceptors (Lipinski definition) is 4. The van der Waals surface area contributed by atoms with E-state index < -0.39 is 62.5 Å². The standard InChI is InChI=1S/C12H6Cl4F4N2O3S2/c1-27(24,25)10-9(26(23)12(15,16)20)21-4-22(10)8-6(13)2-5(3-7(8)14)11(17,18)19/h2-4H,1H3. The first kappa shape index (κ1) is 22.9. The summed E-state index contributed by atoms with van der Waals surface area (Å²) in [5, 5.41) is -2.89. The Morgan fingerprint density at radius 2 is 1.63 bits per heavy atom. The highest BCUT2D eigenvalue weighted by Crippen LogP contribution is 2.41. The molecule has 27 heavy (non-hydrogen) atoms. The van der Waals surface area contributed by atoms with Crippen molar-refractivity contribution in [3.8, 4) is 5.69 Å². The fourth-order valence-electron chi connectivity index (χ4n) is 2.01. The van der Waals surface area contributed by atoms with E-state index in [4.69, 9.17) is 46.4 Å². The maximum absolute atomic E-state index is 13.6. The van der Waals surface area contributed by atoms with Crippen molar-refractivity contribution >= 4 is 67.4 Å². The number of nitrogens with zero attached hydrogens (tertiary/aromatic N) is 2. The average molecular weight is 508 g/mol. The minimum absolute atomic E-state index is 0.406. The van der Waals surface area contributed by atoms with E-state index in [2.05, 4.69) is 4.98 Å². The Balaban J connectivity index is 2.80. The normalized spacial score (nSPS) is 14.4. The second-order valence-electron chi connectivity index (χ2n) is 5.00. The molecule has 2 rings (SSSR count). The largest absolute Gasteiger partial charge is 0.606 e. The summed E-state index contributed by atoms with van der Waals surface area (Å²) in [4.78, 5) is 3.51. The van der Waals surface area contributed by atoms with E-state index in [9.17, 15) is 30.5 Å². The van der Waals surface area contributed by atoms with Gasteiger partial charge in [0.2, 0.25) is 5.03 Å². The van der Waals surface area contributed by atoms with Crippen LogP contribution in [0.2, 0.25) is 10.0 Å². The molecule has 0 amide bonds. The van der Waals surface area contributed by atoms with Gasteiger partial charge in [0.1, 0.15) is 6.33 Å². The smallest absolute Gasteiger partial charge is 0.425 e. The first-order chi connectivity index (χ1) is 12.0. The van der Waals surface area contributed by atoms with Gasteiger partial charge in [-0.05, 0) is 35.3 Å². The summed E-state index contributed by atoms with van der Waals surface area (Å²) in [6.45, 7) is 0. The molecule has 1 unspecified atom stereocenters. The van der Waals surface area contributed by atoms with Gasteiger partial charge < -0.3 is 4.55 Å². The molecule has 0 radical (unpaired) electrons. The van der Waals surface area contributed by atoms with E-state index in [0.717, 1.165) is 6.33 Å². The summed E-state index contributed by atoms with van der Waals surface area (Å²) in [5.41, 5.74) is -1.59. The molecule has 0 aliphatic rings. The van der Waals surface area contributed by atoms with Gasteiger partial charge in [-0.25, -0.2) is 8.42 Å². The number of halogens is 8. The van der Waals surface area contributed by atoms with Crippen LogP contribution in [0.25, 0.3) is 5.69 Å². The van der Waals surface area contributed by atoms with Crippen molar-refractivity contribution in [3.05, 3.63) is 34.1 Å². The van der Waals surface area contributed by atoms with Crippen molar-refractivity contribution in [1.82, 2.24) is 9.55 Å². The molecular formula is C12H6Cl4F4N2O3S2. The highest BCUT2D eigenvalue weighted by Gasteiger charge is 2.46. The van der Waals surface area contributed by atoms with Crippen molar-refractivity contribution in [2.24, 2.45) is 0 Å². The molecule has 0 saturated carbocycles. The Morgan fingerprint density at radius 3 is 2.00 bits per heavy atom. The van der Waals surface area contributed by atoms with Crippen LogP contribution in [0.15, 0.2) is 28.5 Å². The SMILES string of the molecule is CS(=O)(=O)c1c([S+]([O-])C(F)(Cl)Cl)ncn1-c1c(Cl)cc(C(F)(F)F)cc1Cl. The second kappa shape index (κ2) is 7.43. The summed E-state index contributed by atoms with van der Waals surface area (Å²) in [6.07, 6.45) is -3.36. The lowest BCUT2D eigenvalue weighted by atomic mass is 10.2. The third-order valence-corrected chi connectivity index (χ3v) is 6.72. The van der Waals surface area contributed by atoms with Crippen LogP contribution in [-0.4, -0.2) is 32.7 Å². The Kier molecular flexibility index (Phi) is 6.29. The monoisotopic (exact) mass is 506 g/mol. The van der Waals surface area contributed by atoms with E-state index in [1.54, 1.807) is 0 Å². The lowest BCUT2D eigenvalue weighted by Crippen LogP contribution is -2.24. The first-order valence-corrected chi connectivity index (χ1v) is 10.9. The van der Waals surface area contributed by atoms with Crippen LogP contribution < -0.4 is 0 Å². The van der Waals surface area contributed by atoms with Crippen LogP contribution >= 0.6 is 46.4 Å². The molecule has 0 bridgehead atoms. The van der Waals surface area contributed by atoms with Crippen LogP contribution in [-0.2, 0) is 27.2 Å². The molecule has 1 atom stereocenters. The van der Waals surface area contributed by atoms with Gasteiger partial charge in [-0.1, -0.05) is 23.2 Å². The Morgan fingerprint density at radius 1 is 1.15 bits per heavy atom. The maximum atomic E-state index is 13.6. The topological polar surface area (TPSA) is 75.0 Å². The van der Waals surface area contributed by atoms with Crippen molar-refractivity contribution in [1.29, 1.82) is 0 Å². The molecule has 150 valence electrons. The number of alkyl halides is 6. The molecule has 15 heteroatoms. The quantitative estimate of drug-likeness (QED) is 0.339. The minimum Gasteiger partial charge on any atom is -0.606 e. The van der Waals surface area contributed by atoms with Crippen LogP contribution in [0.1, 0.15) is 5.56 Å². The molecule has 0 fully saturated rings. The lowest BCUT2D eigenvalue weighted by Gasteiger charge is -2.16. The molecule has 0 aliphatic carbocycles. The number of hydrogen-bond donors (Lipinski definition) is 0. The van der Waals surface area contributed by atoms with E-state index in [1.165, 1.54) is 0 Å². The Bertz CT molecular complexity index is 967. The van der Waals surface area contributed by atoms with Gasteiger partial charge in [0.25, 0.3) is 5.03 Å². The number of sulfone groups is 1. The average Bonchev–Trinajstić information content (AvgIpc) is 2.88. The summed E-state index contributed by atoms with van der Waals surface area (Å²) in [7, 11) is -4.26. The molecule has 5 nitrogen and oxygen atoms in total. The van der Waals surface area contributed by atoms with Gasteiger partial charge >= 0.3 is 10.1 Å². The molecule has 1 aromatic heterocycles. The second-order valence-corrected chi connectivity index (χ2v) is 10.9. The molecule has 2 aromatic rings. The lowest BCUT2D eigenvalue weighted by molar-refractivity contribution is -0.137. The maximum Gasteiger partial charge on any atom is 0.425 e. The van der Waals surface area contributed by atoms with Crippen molar-refractivity contribution in [2.45, 2.75) is 20.1 Å². The summed E-state index contributed by atoms with van der Waals surface area (Å²) < 4.78 is 85.7. The van der Waals surface area contributed by atoms with Crippen LogP contribution in [0.5, 0.6) is 0 Å². The molecule has 1 aromatic carbocycles. The first-order valence-electron chi connectivity index (χ1n) is 6.37. The minimum atomic E-state index is -4.77. The predicted molar refractivity (Wildman–Crippen MR) is 93.6 cm³/mol.